The standard InChI is InChI=1S/C13H20N2O3S/c1-14-10-11-6-5-9-15(11)19(16,17)13-8-4-3-7-12(13)18-2/h3-4,7-8,11,14H,5-6,9-10H2,1-2H3/t11-/m0/s1. The van der Waals surface area contributed by atoms with Crippen molar-refractivity contribution in [1.82, 2.24) is 9.62 Å². The highest BCUT2D eigenvalue weighted by molar-refractivity contribution is 7.89. The minimum atomic E-state index is -3.48. The number of sulfonamides is 1. The molecule has 0 aromatic heterocycles. The highest BCUT2D eigenvalue weighted by atomic mass is 32.2. The molecule has 0 unspecified atom stereocenters. The maximum absolute atomic E-state index is 12.7. The van der Waals surface area contributed by atoms with Crippen molar-refractivity contribution in [1.29, 1.82) is 0 Å². The number of methoxy groups -OCH3 is 1. The van der Waals surface area contributed by atoms with Gasteiger partial charge in [-0.2, -0.15) is 4.31 Å². The van der Waals surface area contributed by atoms with Gasteiger partial charge in [-0.1, -0.05) is 12.1 Å². The fourth-order valence-electron chi connectivity index (χ4n) is 2.52. The first-order valence-corrected chi connectivity index (χ1v) is 7.84. The molecule has 6 heteroatoms. The van der Waals surface area contributed by atoms with Gasteiger partial charge in [-0.3, -0.25) is 0 Å². The number of nitrogens with zero attached hydrogens (tertiary/aromatic N) is 1. The fourth-order valence-corrected chi connectivity index (χ4v) is 4.37. The van der Waals surface area contributed by atoms with Crippen molar-refractivity contribution in [3.8, 4) is 5.75 Å². The number of hydrogen-bond acceptors (Lipinski definition) is 4. The van der Waals surface area contributed by atoms with Gasteiger partial charge in [0.05, 0.1) is 7.11 Å². The third-order valence-electron chi connectivity index (χ3n) is 3.42. The van der Waals surface area contributed by atoms with Crippen LogP contribution in [0, 0.1) is 0 Å². The number of ether oxygens (including phenoxy) is 1. The lowest BCUT2D eigenvalue weighted by atomic mass is 10.2. The van der Waals surface area contributed by atoms with E-state index in [1.54, 1.807) is 28.6 Å². The summed E-state index contributed by atoms with van der Waals surface area (Å²) in [6.45, 7) is 1.25. The van der Waals surface area contributed by atoms with Gasteiger partial charge in [0.1, 0.15) is 10.6 Å². The Hall–Kier alpha value is -1.11. The van der Waals surface area contributed by atoms with Crippen LogP contribution in [0.3, 0.4) is 0 Å². The van der Waals surface area contributed by atoms with E-state index in [2.05, 4.69) is 5.32 Å². The summed E-state index contributed by atoms with van der Waals surface area (Å²) in [6, 6.07) is 6.80. The number of para-hydroxylation sites is 1. The monoisotopic (exact) mass is 284 g/mol. The average Bonchev–Trinajstić information content (AvgIpc) is 2.88. The number of benzene rings is 1. The molecule has 1 heterocycles. The minimum Gasteiger partial charge on any atom is -0.495 e. The average molecular weight is 284 g/mol. The molecular weight excluding hydrogens is 264 g/mol. The van der Waals surface area contributed by atoms with E-state index in [4.69, 9.17) is 4.74 Å². The molecule has 0 spiro atoms. The summed E-state index contributed by atoms with van der Waals surface area (Å²) in [5, 5.41) is 3.05. The van der Waals surface area contributed by atoms with Gasteiger partial charge in [0.2, 0.25) is 10.0 Å². The summed E-state index contributed by atoms with van der Waals surface area (Å²) in [6.07, 6.45) is 1.80. The number of rotatable bonds is 5. The van der Waals surface area contributed by atoms with Crippen molar-refractivity contribution in [2.45, 2.75) is 23.8 Å². The molecule has 0 bridgehead atoms. The first kappa shape index (κ1) is 14.3. The Labute approximate surface area is 114 Å². The quantitative estimate of drug-likeness (QED) is 0.878. The minimum absolute atomic E-state index is 0.0277. The molecule has 1 saturated heterocycles. The van der Waals surface area contributed by atoms with Crippen molar-refractivity contribution in [2.24, 2.45) is 0 Å². The molecule has 1 fully saturated rings. The Morgan fingerprint density at radius 2 is 2.16 bits per heavy atom. The molecule has 19 heavy (non-hydrogen) atoms. The van der Waals surface area contributed by atoms with Gasteiger partial charge >= 0.3 is 0 Å². The van der Waals surface area contributed by atoms with E-state index in [-0.39, 0.29) is 10.9 Å². The van der Waals surface area contributed by atoms with E-state index in [1.807, 2.05) is 7.05 Å². The van der Waals surface area contributed by atoms with Gasteiger partial charge in [0, 0.05) is 19.1 Å². The molecule has 5 nitrogen and oxygen atoms in total. The Morgan fingerprint density at radius 1 is 1.42 bits per heavy atom. The second-order valence-electron chi connectivity index (χ2n) is 4.62. The van der Waals surface area contributed by atoms with Crippen LogP contribution in [0.5, 0.6) is 5.75 Å². The summed E-state index contributed by atoms with van der Waals surface area (Å²) in [5.41, 5.74) is 0. The predicted octanol–water partition coefficient (Wildman–Crippen LogP) is 1.07. The van der Waals surface area contributed by atoms with Crippen LogP contribution in [0.25, 0.3) is 0 Å². The van der Waals surface area contributed by atoms with Gasteiger partial charge in [-0.25, -0.2) is 8.42 Å². The van der Waals surface area contributed by atoms with Crippen molar-refractivity contribution in [3.63, 3.8) is 0 Å². The maximum atomic E-state index is 12.7. The molecule has 2 rings (SSSR count). The summed E-state index contributed by atoms with van der Waals surface area (Å²) in [7, 11) is -0.155. The molecule has 1 aliphatic rings. The van der Waals surface area contributed by atoms with Crippen LogP contribution < -0.4 is 10.1 Å². The van der Waals surface area contributed by atoms with Crippen molar-refractivity contribution in [2.75, 3.05) is 27.2 Å². The van der Waals surface area contributed by atoms with Gasteiger partial charge in [0.15, 0.2) is 0 Å². The van der Waals surface area contributed by atoms with E-state index >= 15 is 0 Å². The number of hydrogen-bond donors (Lipinski definition) is 1. The molecule has 0 saturated carbocycles. The molecule has 106 valence electrons. The van der Waals surface area contributed by atoms with Crippen LogP contribution in [0.4, 0.5) is 0 Å². The third-order valence-corrected chi connectivity index (χ3v) is 5.41. The lowest BCUT2D eigenvalue weighted by Crippen LogP contribution is -2.40. The number of likely N-dealkylation sites (N-methyl/N-ethyl adjacent to an activating group) is 1. The second kappa shape index (κ2) is 5.90. The Bertz CT molecular complexity index is 530. The summed E-state index contributed by atoms with van der Waals surface area (Å²) < 4.78 is 32.2. The predicted molar refractivity (Wildman–Crippen MR) is 73.8 cm³/mol. The Morgan fingerprint density at radius 3 is 2.84 bits per heavy atom. The van der Waals surface area contributed by atoms with Gasteiger partial charge in [0.25, 0.3) is 0 Å². The van der Waals surface area contributed by atoms with Gasteiger partial charge in [-0.05, 0) is 32.0 Å². The van der Waals surface area contributed by atoms with Crippen LogP contribution in [-0.2, 0) is 10.0 Å². The van der Waals surface area contributed by atoms with Crippen LogP contribution in [-0.4, -0.2) is 46.0 Å². The van der Waals surface area contributed by atoms with Crippen molar-refractivity contribution >= 4 is 10.0 Å². The Kier molecular flexibility index (Phi) is 4.44. The molecule has 1 N–H and O–H groups in total. The van der Waals surface area contributed by atoms with Crippen molar-refractivity contribution < 1.29 is 13.2 Å². The topological polar surface area (TPSA) is 58.6 Å². The normalized spacial score (nSPS) is 20.6. The lowest BCUT2D eigenvalue weighted by Gasteiger charge is -2.24. The zero-order chi connectivity index (χ0) is 13.9. The second-order valence-corrected chi connectivity index (χ2v) is 6.48. The smallest absolute Gasteiger partial charge is 0.247 e. The molecule has 1 aromatic carbocycles. The van der Waals surface area contributed by atoms with E-state index in [0.29, 0.717) is 18.8 Å². The van der Waals surface area contributed by atoms with Gasteiger partial charge < -0.3 is 10.1 Å². The summed E-state index contributed by atoms with van der Waals surface area (Å²) in [4.78, 5) is 0.250. The van der Waals surface area contributed by atoms with Crippen LogP contribution in [0.1, 0.15) is 12.8 Å². The van der Waals surface area contributed by atoms with Crippen LogP contribution >= 0.6 is 0 Å². The largest absolute Gasteiger partial charge is 0.495 e. The Balaban J connectivity index is 2.36. The molecule has 0 radical (unpaired) electrons. The first-order valence-electron chi connectivity index (χ1n) is 6.40. The number of nitrogens with one attached hydrogen (secondary N) is 1. The lowest BCUT2D eigenvalue weighted by molar-refractivity contribution is 0.370. The molecule has 0 amide bonds. The summed E-state index contributed by atoms with van der Waals surface area (Å²) >= 11 is 0. The van der Waals surface area contributed by atoms with Crippen LogP contribution in [0.2, 0.25) is 0 Å². The molecule has 1 aliphatic heterocycles. The molecular formula is C13H20N2O3S. The zero-order valence-electron chi connectivity index (χ0n) is 11.3. The molecule has 0 aliphatic carbocycles. The van der Waals surface area contributed by atoms with Crippen LogP contribution in [0.15, 0.2) is 29.2 Å². The van der Waals surface area contributed by atoms with E-state index in [0.717, 1.165) is 12.8 Å². The van der Waals surface area contributed by atoms with E-state index in [9.17, 15) is 8.42 Å². The fraction of sp³-hybridized carbons (Fsp3) is 0.538. The molecule has 1 atom stereocenters. The van der Waals surface area contributed by atoms with E-state index in [1.165, 1.54) is 7.11 Å². The first-order chi connectivity index (χ1) is 9.11. The summed E-state index contributed by atoms with van der Waals surface area (Å²) in [5.74, 6) is 0.401. The zero-order valence-corrected chi connectivity index (χ0v) is 12.1. The SMILES string of the molecule is CNC[C@@H]1CCCN1S(=O)(=O)c1ccccc1OC. The highest BCUT2D eigenvalue weighted by Gasteiger charge is 2.36. The van der Waals surface area contributed by atoms with E-state index < -0.39 is 10.0 Å². The van der Waals surface area contributed by atoms with Crippen molar-refractivity contribution in [3.05, 3.63) is 24.3 Å². The third kappa shape index (κ3) is 2.75. The highest BCUT2D eigenvalue weighted by Crippen LogP contribution is 2.30. The maximum Gasteiger partial charge on any atom is 0.247 e. The van der Waals surface area contributed by atoms with Gasteiger partial charge in [-0.15, -0.1) is 0 Å². The molecule has 1 aromatic rings.